The zero-order valence-electron chi connectivity index (χ0n) is 8.91. The van der Waals surface area contributed by atoms with Crippen molar-refractivity contribution in [3.8, 4) is 0 Å². The zero-order valence-corrected chi connectivity index (χ0v) is 10.9. The van der Waals surface area contributed by atoms with E-state index in [0.717, 1.165) is 10.2 Å². The lowest BCUT2D eigenvalue weighted by Gasteiger charge is -2.35. The predicted molar refractivity (Wildman–Crippen MR) is 55.9 cm³/mol. The van der Waals surface area contributed by atoms with Crippen LogP contribution in [0.1, 0.15) is 53.4 Å². The quantitative estimate of drug-likeness (QED) is 0.556. The van der Waals surface area contributed by atoms with Gasteiger partial charge in [-0.3, -0.25) is 0 Å². The molecule has 0 aromatic heterocycles. The summed E-state index contributed by atoms with van der Waals surface area (Å²) in [5.74, 6) is 0.990. The summed E-state index contributed by atoms with van der Waals surface area (Å²) in [6.45, 7) is 9.39. The monoisotopic (exact) mass is 170 g/mol. The lowest BCUT2D eigenvalue weighted by atomic mass is 9.83. The van der Waals surface area contributed by atoms with Crippen molar-refractivity contribution in [2.24, 2.45) is 5.92 Å². The van der Waals surface area contributed by atoms with Crippen molar-refractivity contribution >= 4 is 16.3 Å². The Labute approximate surface area is 80.2 Å². The van der Waals surface area contributed by atoms with Gasteiger partial charge in [-0.15, -0.1) is 0 Å². The van der Waals surface area contributed by atoms with Gasteiger partial charge in [0.25, 0.3) is 0 Å². The third-order valence-electron chi connectivity index (χ3n) is 3.59. The molecule has 0 unspecified atom stereocenters. The van der Waals surface area contributed by atoms with Gasteiger partial charge >= 0.3 is 0 Å². The van der Waals surface area contributed by atoms with Crippen LogP contribution in [0.15, 0.2) is 0 Å². The first-order valence-corrected chi connectivity index (χ1v) is 6.14. The molecule has 0 amide bonds. The third-order valence-corrected chi connectivity index (χ3v) is 5.82. The molecule has 0 nitrogen and oxygen atoms in total. The molecular weight excluding hydrogens is 147 g/mol. The lowest BCUT2D eigenvalue weighted by Crippen LogP contribution is -2.21. The van der Waals surface area contributed by atoms with Gasteiger partial charge in [0.1, 0.15) is 0 Å². The Morgan fingerprint density at radius 1 is 1.00 bits per heavy atom. The molecule has 0 bridgehead atoms. The molecule has 0 spiro atoms. The molecule has 1 heteroatoms. The summed E-state index contributed by atoms with van der Waals surface area (Å²) in [6, 6.07) is 0. The van der Waals surface area contributed by atoms with Gasteiger partial charge in [-0.25, -0.2) is 0 Å². The van der Waals surface area contributed by atoms with Crippen molar-refractivity contribution in [2.75, 3.05) is 0 Å². The third kappa shape index (κ3) is 2.81. The average Bonchev–Trinajstić information content (AvgIpc) is 2.06. The van der Waals surface area contributed by atoms with Crippen LogP contribution in [0.5, 0.6) is 0 Å². The Bertz CT molecular complexity index is 91.0. The van der Waals surface area contributed by atoms with Crippen molar-refractivity contribution in [1.82, 2.24) is 0 Å². The second-order valence-corrected chi connectivity index (χ2v) is 5.87. The first-order valence-electron chi connectivity index (χ1n) is 5.14. The largest absolute Gasteiger partial charge is 0.221 e. The molecule has 0 aliphatic heterocycles. The molecule has 0 N–H and O–H groups in total. The van der Waals surface area contributed by atoms with Crippen LogP contribution in [0.2, 0.25) is 4.28 Å². The Morgan fingerprint density at radius 3 is 1.45 bits per heavy atom. The van der Waals surface area contributed by atoms with Crippen molar-refractivity contribution in [1.29, 1.82) is 0 Å². The summed E-state index contributed by atoms with van der Waals surface area (Å²) in [7, 11) is 0. The molecule has 0 radical (unpaired) electrons. The highest BCUT2D eigenvalue weighted by atomic mass is 27.0. The summed E-state index contributed by atoms with van der Waals surface area (Å²) < 4.78 is 0.740. The average molecular weight is 170 g/mol. The van der Waals surface area contributed by atoms with Gasteiger partial charge in [-0.1, -0.05) is 57.7 Å². The summed E-state index contributed by atoms with van der Waals surface area (Å²) in [5, 5.41) is 0. The van der Waals surface area contributed by atoms with E-state index in [0.29, 0.717) is 0 Å². The van der Waals surface area contributed by atoms with Gasteiger partial charge in [-0.2, -0.15) is 0 Å². The molecule has 0 saturated carbocycles. The van der Waals surface area contributed by atoms with Gasteiger partial charge < -0.3 is 0 Å². The highest BCUT2D eigenvalue weighted by Gasteiger charge is 2.27. The highest BCUT2D eigenvalue weighted by molar-refractivity contribution is 6.15. The summed E-state index contributed by atoms with van der Waals surface area (Å²) in [4.78, 5) is 0. The van der Waals surface area contributed by atoms with E-state index in [1.165, 1.54) is 42.0 Å². The van der Waals surface area contributed by atoms with Gasteiger partial charge in [0, 0.05) is 0 Å². The lowest BCUT2D eigenvalue weighted by molar-refractivity contribution is 0.316. The molecule has 0 aromatic carbocycles. The minimum absolute atomic E-state index is 0.740. The molecule has 0 fully saturated rings. The second-order valence-electron chi connectivity index (χ2n) is 3.87. The van der Waals surface area contributed by atoms with E-state index in [1.54, 1.807) is 0 Å². The Morgan fingerprint density at radius 2 is 1.36 bits per heavy atom. The summed E-state index contributed by atoms with van der Waals surface area (Å²) >= 11 is 1.37. The first-order chi connectivity index (χ1) is 5.14. The minimum atomic E-state index is 0.740. The molecule has 0 heterocycles. The molecule has 0 aliphatic rings. The fourth-order valence-corrected chi connectivity index (χ4v) is 2.92. The van der Waals surface area contributed by atoms with Crippen LogP contribution in [-0.2, 0) is 0 Å². The van der Waals surface area contributed by atoms with E-state index >= 15 is 0 Å². The van der Waals surface area contributed by atoms with Crippen molar-refractivity contribution in [2.45, 2.75) is 57.7 Å². The molecule has 0 aromatic rings. The SMILES string of the molecule is CCC(CC)[C]([AlH2])(CC)CC. The molecule has 0 saturated heterocycles. The fraction of sp³-hybridized carbons (Fsp3) is 1.00. The predicted octanol–water partition coefficient (Wildman–Crippen LogP) is 3.03. The summed E-state index contributed by atoms with van der Waals surface area (Å²) in [5.41, 5.74) is 0. The fourth-order valence-electron chi connectivity index (χ4n) is 2.10. The van der Waals surface area contributed by atoms with Crippen molar-refractivity contribution in [3.63, 3.8) is 0 Å². The Balaban J connectivity index is 4.19. The van der Waals surface area contributed by atoms with Crippen LogP contribution in [0.25, 0.3) is 0 Å². The van der Waals surface area contributed by atoms with E-state index in [2.05, 4.69) is 27.7 Å². The van der Waals surface area contributed by atoms with Crippen LogP contribution in [-0.4, -0.2) is 16.3 Å². The van der Waals surface area contributed by atoms with E-state index in [-0.39, 0.29) is 0 Å². The van der Waals surface area contributed by atoms with Crippen molar-refractivity contribution in [3.05, 3.63) is 0 Å². The topological polar surface area (TPSA) is 0 Å². The van der Waals surface area contributed by atoms with Crippen LogP contribution in [0, 0.1) is 5.92 Å². The molecule has 0 rings (SSSR count). The van der Waals surface area contributed by atoms with E-state index in [9.17, 15) is 0 Å². The standard InChI is InChI=1S/C10H21.Al.2H/c1-5-9(6-2)10(7-3)8-4;;;/h9H,5-8H2,1-4H3;;;. The van der Waals surface area contributed by atoms with Crippen LogP contribution >= 0.6 is 0 Å². The van der Waals surface area contributed by atoms with Crippen LogP contribution in [0.3, 0.4) is 0 Å². The van der Waals surface area contributed by atoms with Crippen molar-refractivity contribution < 1.29 is 0 Å². The van der Waals surface area contributed by atoms with E-state index < -0.39 is 0 Å². The normalized spacial score (nSPS) is 12.5. The number of hydrogen-bond acceptors (Lipinski definition) is 0. The van der Waals surface area contributed by atoms with E-state index in [4.69, 9.17) is 0 Å². The van der Waals surface area contributed by atoms with Crippen LogP contribution in [0.4, 0.5) is 0 Å². The molecular formula is C10H23Al. The molecule has 66 valence electrons. The first kappa shape index (κ1) is 11.5. The highest BCUT2D eigenvalue weighted by Crippen LogP contribution is 2.42. The molecule has 11 heavy (non-hydrogen) atoms. The maximum absolute atomic E-state index is 2.36. The zero-order chi connectivity index (χ0) is 8.91. The number of hydrogen-bond donors (Lipinski definition) is 0. The summed E-state index contributed by atoms with van der Waals surface area (Å²) in [6.07, 6.45) is 5.54. The van der Waals surface area contributed by atoms with Gasteiger partial charge in [0.05, 0.1) is 0 Å². The van der Waals surface area contributed by atoms with Gasteiger partial charge in [0.2, 0.25) is 16.3 Å². The Kier molecular flexibility index (Phi) is 5.48. The maximum Gasteiger partial charge on any atom is 0.221 e. The van der Waals surface area contributed by atoms with Crippen LogP contribution < -0.4 is 0 Å². The molecule has 0 aliphatic carbocycles. The van der Waals surface area contributed by atoms with Gasteiger partial charge in [-0.05, 0) is 5.92 Å². The Hall–Kier alpha value is 0.532. The second kappa shape index (κ2) is 5.23. The smallest absolute Gasteiger partial charge is 0.0775 e. The number of rotatable bonds is 5. The minimum Gasteiger partial charge on any atom is -0.0775 e. The van der Waals surface area contributed by atoms with E-state index in [1.807, 2.05) is 0 Å². The molecule has 0 atom stereocenters. The van der Waals surface area contributed by atoms with Gasteiger partial charge in [0.15, 0.2) is 0 Å². The maximum atomic E-state index is 2.36.